The Morgan fingerprint density at radius 3 is 2.39 bits per heavy atom. The second-order valence-corrected chi connectivity index (χ2v) is 4.03. The Morgan fingerprint density at radius 1 is 1.11 bits per heavy atom. The Balaban J connectivity index is 2.14. The first-order valence-corrected chi connectivity index (χ1v) is 5.91. The molecule has 0 amide bonds. The van der Waals surface area contributed by atoms with E-state index in [1.807, 2.05) is 6.92 Å². The average molecular weight is 246 g/mol. The minimum absolute atomic E-state index is 0.196. The summed E-state index contributed by atoms with van der Waals surface area (Å²) in [5.41, 5.74) is 0.832. The minimum atomic E-state index is -0.465. The molecule has 0 unspecified atom stereocenters. The molecule has 1 N–H and O–H groups in total. The zero-order valence-corrected chi connectivity index (χ0v) is 10.1. The Bertz CT molecular complexity index is 508. The zero-order chi connectivity index (χ0) is 13.0. The van der Waals surface area contributed by atoms with Gasteiger partial charge in [-0.15, -0.1) is 0 Å². The summed E-state index contributed by atoms with van der Waals surface area (Å²) in [5.74, 6) is 0.351. The number of aliphatic hydroxyl groups is 1. The second kappa shape index (κ2) is 5.65. The van der Waals surface area contributed by atoms with Crippen LogP contribution in [0.5, 0.6) is 11.5 Å². The molecule has 0 saturated carbocycles. The van der Waals surface area contributed by atoms with Crippen molar-refractivity contribution >= 4 is 0 Å². The van der Waals surface area contributed by atoms with Crippen molar-refractivity contribution in [3.8, 4) is 11.5 Å². The number of para-hydroxylation sites is 1. The maximum atomic E-state index is 13.4. The maximum Gasteiger partial charge on any atom is 0.165 e. The van der Waals surface area contributed by atoms with E-state index in [0.29, 0.717) is 12.2 Å². The van der Waals surface area contributed by atoms with Gasteiger partial charge in [0.25, 0.3) is 0 Å². The van der Waals surface area contributed by atoms with Gasteiger partial charge >= 0.3 is 0 Å². The van der Waals surface area contributed by atoms with Gasteiger partial charge in [0.2, 0.25) is 0 Å². The number of halogens is 1. The Labute approximate surface area is 106 Å². The Hall–Kier alpha value is -1.87. The molecule has 2 aromatic rings. The Kier molecular flexibility index (Phi) is 3.95. The SMILES string of the molecule is CC[C@H](O)c1ccc(Oc2ccccc2F)cc1. The van der Waals surface area contributed by atoms with Crippen LogP contribution in [0, 0.1) is 5.82 Å². The fourth-order valence-corrected chi connectivity index (χ4v) is 1.65. The van der Waals surface area contributed by atoms with Gasteiger partial charge < -0.3 is 9.84 Å². The first-order chi connectivity index (χ1) is 8.70. The lowest BCUT2D eigenvalue weighted by molar-refractivity contribution is 0.173. The molecule has 0 aliphatic carbocycles. The molecule has 0 heterocycles. The fourth-order valence-electron chi connectivity index (χ4n) is 1.65. The van der Waals surface area contributed by atoms with Crippen molar-refractivity contribution in [2.75, 3.05) is 0 Å². The molecule has 2 nitrogen and oxygen atoms in total. The first-order valence-electron chi connectivity index (χ1n) is 5.91. The van der Waals surface area contributed by atoms with E-state index in [-0.39, 0.29) is 5.75 Å². The molecule has 1 atom stereocenters. The third kappa shape index (κ3) is 2.87. The molecule has 0 aliphatic heterocycles. The van der Waals surface area contributed by atoms with Gasteiger partial charge in [0.05, 0.1) is 6.10 Å². The van der Waals surface area contributed by atoms with Crippen LogP contribution >= 0.6 is 0 Å². The Morgan fingerprint density at radius 2 is 1.78 bits per heavy atom. The molecule has 0 spiro atoms. The van der Waals surface area contributed by atoms with E-state index in [1.54, 1.807) is 42.5 Å². The van der Waals surface area contributed by atoms with Gasteiger partial charge in [-0.3, -0.25) is 0 Å². The van der Waals surface area contributed by atoms with Gasteiger partial charge in [0.15, 0.2) is 11.6 Å². The maximum absolute atomic E-state index is 13.4. The highest BCUT2D eigenvalue weighted by molar-refractivity contribution is 5.34. The van der Waals surface area contributed by atoms with Crippen LogP contribution in [0.2, 0.25) is 0 Å². The van der Waals surface area contributed by atoms with Crippen molar-refractivity contribution in [1.29, 1.82) is 0 Å². The number of rotatable bonds is 4. The van der Waals surface area contributed by atoms with Crippen molar-refractivity contribution in [3.05, 3.63) is 59.9 Å². The average Bonchev–Trinajstić information content (AvgIpc) is 2.41. The van der Waals surface area contributed by atoms with Crippen LogP contribution in [-0.2, 0) is 0 Å². The number of benzene rings is 2. The van der Waals surface area contributed by atoms with Crippen LogP contribution in [0.15, 0.2) is 48.5 Å². The lowest BCUT2D eigenvalue weighted by Gasteiger charge is -2.10. The summed E-state index contributed by atoms with van der Waals surface area (Å²) in [6, 6.07) is 13.3. The number of aliphatic hydroxyl groups excluding tert-OH is 1. The lowest BCUT2D eigenvalue weighted by Crippen LogP contribution is -1.95. The summed E-state index contributed by atoms with van der Waals surface area (Å²) in [4.78, 5) is 0. The van der Waals surface area contributed by atoms with E-state index in [9.17, 15) is 9.50 Å². The summed E-state index contributed by atoms with van der Waals surface area (Å²) in [5, 5.41) is 9.65. The fraction of sp³-hybridized carbons (Fsp3) is 0.200. The molecule has 3 heteroatoms. The molecule has 18 heavy (non-hydrogen) atoms. The van der Waals surface area contributed by atoms with E-state index in [0.717, 1.165) is 5.56 Å². The smallest absolute Gasteiger partial charge is 0.165 e. The summed E-state index contributed by atoms with van der Waals surface area (Å²) in [7, 11) is 0. The van der Waals surface area contributed by atoms with Gasteiger partial charge in [-0.1, -0.05) is 31.2 Å². The molecule has 94 valence electrons. The zero-order valence-electron chi connectivity index (χ0n) is 10.1. The van der Waals surface area contributed by atoms with Crippen molar-refractivity contribution in [2.24, 2.45) is 0 Å². The quantitative estimate of drug-likeness (QED) is 0.881. The van der Waals surface area contributed by atoms with E-state index in [1.165, 1.54) is 6.07 Å². The third-order valence-corrected chi connectivity index (χ3v) is 2.72. The highest BCUT2D eigenvalue weighted by Crippen LogP contribution is 2.26. The standard InChI is InChI=1S/C15H15FO2/c1-2-14(17)11-7-9-12(10-8-11)18-15-6-4-3-5-13(15)16/h3-10,14,17H,2H2,1H3/t14-/m0/s1. The lowest BCUT2D eigenvalue weighted by atomic mass is 10.1. The monoisotopic (exact) mass is 246 g/mol. The van der Waals surface area contributed by atoms with E-state index in [4.69, 9.17) is 4.74 Å². The van der Waals surface area contributed by atoms with Crippen LogP contribution in [0.4, 0.5) is 4.39 Å². The number of hydrogen-bond acceptors (Lipinski definition) is 2. The second-order valence-electron chi connectivity index (χ2n) is 4.03. The molecule has 0 saturated heterocycles. The van der Waals surface area contributed by atoms with Crippen molar-refractivity contribution in [2.45, 2.75) is 19.4 Å². The molecule has 0 aromatic heterocycles. The highest BCUT2D eigenvalue weighted by atomic mass is 19.1. The molecule has 0 radical (unpaired) electrons. The van der Waals surface area contributed by atoms with Crippen LogP contribution in [0.1, 0.15) is 25.0 Å². The number of hydrogen-bond donors (Lipinski definition) is 1. The van der Waals surface area contributed by atoms with Gasteiger partial charge in [-0.2, -0.15) is 0 Å². The molecule has 0 fully saturated rings. The van der Waals surface area contributed by atoms with Gasteiger partial charge in [0, 0.05) is 0 Å². The molecule has 0 bridgehead atoms. The predicted octanol–water partition coefficient (Wildman–Crippen LogP) is 4.06. The van der Waals surface area contributed by atoms with Crippen molar-refractivity contribution in [1.82, 2.24) is 0 Å². The first kappa shape index (κ1) is 12.6. The summed E-state index contributed by atoms with van der Waals surface area (Å²) in [6.45, 7) is 1.91. The van der Waals surface area contributed by atoms with Crippen LogP contribution in [-0.4, -0.2) is 5.11 Å². The molecule has 2 rings (SSSR count). The van der Waals surface area contributed by atoms with Crippen molar-refractivity contribution < 1.29 is 14.2 Å². The van der Waals surface area contributed by atoms with Gasteiger partial charge in [0.1, 0.15) is 5.75 Å². The van der Waals surface area contributed by atoms with Crippen LogP contribution < -0.4 is 4.74 Å². The normalized spacial score (nSPS) is 12.2. The predicted molar refractivity (Wildman–Crippen MR) is 68.2 cm³/mol. The summed E-state index contributed by atoms with van der Waals surface area (Å²) < 4.78 is 18.8. The van der Waals surface area contributed by atoms with Crippen LogP contribution in [0.25, 0.3) is 0 Å². The third-order valence-electron chi connectivity index (χ3n) is 2.72. The number of ether oxygens (including phenoxy) is 1. The molecule has 0 aliphatic rings. The van der Waals surface area contributed by atoms with Gasteiger partial charge in [-0.05, 0) is 36.2 Å². The van der Waals surface area contributed by atoms with Crippen molar-refractivity contribution in [3.63, 3.8) is 0 Å². The van der Waals surface area contributed by atoms with E-state index in [2.05, 4.69) is 0 Å². The highest BCUT2D eigenvalue weighted by Gasteiger charge is 2.06. The summed E-state index contributed by atoms with van der Waals surface area (Å²) >= 11 is 0. The summed E-state index contributed by atoms with van der Waals surface area (Å²) in [6.07, 6.45) is 0.195. The van der Waals surface area contributed by atoms with Crippen LogP contribution in [0.3, 0.4) is 0 Å². The topological polar surface area (TPSA) is 29.5 Å². The molecular formula is C15H15FO2. The van der Waals surface area contributed by atoms with E-state index < -0.39 is 11.9 Å². The van der Waals surface area contributed by atoms with E-state index >= 15 is 0 Å². The largest absolute Gasteiger partial charge is 0.454 e. The molecular weight excluding hydrogens is 231 g/mol. The minimum Gasteiger partial charge on any atom is -0.454 e. The van der Waals surface area contributed by atoms with Gasteiger partial charge in [-0.25, -0.2) is 4.39 Å². The molecule has 2 aromatic carbocycles.